The van der Waals surface area contributed by atoms with Crippen LogP contribution in [0.25, 0.3) is 0 Å². The smallest absolute Gasteiger partial charge is 0.276 e. The number of rotatable bonds is 8. The molecular formula is C22H22BrN3O2S. The SMILES string of the molecule is CCN(Cc1ccccc1)c1ccc(C=NNS(=O)(=O)c2ccc(Br)cc2)cc1. The van der Waals surface area contributed by atoms with Gasteiger partial charge in [-0.05, 0) is 54.4 Å². The molecule has 0 aliphatic carbocycles. The topological polar surface area (TPSA) is 61.8 Å². The molecule has 0 fully saturated rings. The molecule has 0 heterocycles. The molecule has 0 atom stereocenters. The van der Waals surface area contributed by atoms with Gasteiger partial charge in [0.15, 0.2) is 0 Å². The van der Waals surface area contributed by atoms with E-state index < -0.39 is 10.0 Å². The maximum Gasteiger partial charge on any atom is 0.276 e. The average molecular weight is 472 g/mol. The molecule has 3 aromatic rings. The van der Waals surface area contributed by atoms with Gasteiger partial charge in [-0.25, -0.2) is 4.83 Å². The number of hydrogen-bond donors (Lipinski definition) is 1. The maximum atomic E-state index is 12.2. The molecule has 1 N–H and O–H groups in total. The lowest BCUT2D eigenvalue weighted by Gasteiger charge is -2.23. The van der Waals surface area contributed by atoms with Crippen LogP contribution in [-0.2, 0) is 16.6 Å². The van der Waals surface area contributed by atoms with Crippen molar-refractivity contribution in [2.75, 3.05) is 11.4 Å². The van der Waals surface area contributed by atoms with E-state index in [1.165, 1.54) is 23.9 Å². The van der Waals surface area contributed by atoms with Crippen molar-refractivity contribution in [2.45, 2.75) is 18.4 Å². The second-order valence-electron chi connectivity index (χ2n) is 6.40. The number of nitrogens with one attached hydrogen (secondary N) is 1. The molecule has 29 heavy (non-hydrogen) atoms. The van der Waals surface area contributed by atoms with Crippen LogP contribution in [0, 0.1) is 0 Å². The fraction of sp³-hybridized carbons (Fsp3) is 0.136. The molecule has 7 heteroatoms. The second kappa shape index (κ2) is 9.71. The largest absolute Gasteiger partial charge is 0.367 e. The lowest BCUT2D eigenvalue weighted by molar-refractivity contribution is 0.584. The number of hydrazone groups is 1. The third-order valence-corrected chi connectivity index (χ3v) is 6.13. The summed E-state index contributed by atoms with van der Waals surface area (Å²) in [5.74, 6) is 0. The Bertz CT molecular complexity index is 1050. The predicted molar refractivity (Wildman–Crippen MR) is 122 cm³/mol. The van der Waals surface area contributed by atoms with E-state index in [9.17, 15) is 8.42 Å². The number of halogens is 1. The third-order valence-electron chi connectivity index (χ3n) is 4.37. The normalized spacial score (nSPS) is 11.5. The first kappa shape index (κ1) is 21.1. The number of anilines is 1. The van der Waals surface area contributed by atoms with Crippen LogP contribution in [-0.4, -0.2) is 21.2 Å². The highest BCUT2D eigenvalue weighted by Crippen LogP contribution is 2.18. The highest BCUT2D eigenvalue weighted by atomic mass is 79.9. The molecule has 0 saturated carbocycles. The van der Waals surface area contributed by atoms with E-state index in [1.54, 1.807) is 12.1 Å². The molecule has 0 saturated heterocycles. The zero-order valence-electron chi connectivity index (χ0n) is 16.0. The number of nitrogens with zero attached hydrogens (tertiary/aromatic N) is 2. The fourth-order valence-corrected chi connectivity index (χ4v) is 3.85. The van der Waals surface area contributed by atoms with Gasteiger partial charge < -0.3 is 4.90 Å². The Morgan fingerprint density at radius 3 is 2.24 bits per heavy atom. The van der Waals surface area contributed by atoms with E-state index in [0.29, 0.717) is 0 Å². The summed E-state index contributed by atoms with van der Waals surface area (Å²) in [5.41, 5.74) is 3.16. The average Bonchev–Trinajstić information content (AvgIpc) is 2.73. The van der Waals surface area contributed by atoms with Crippen molar-refractivity contribution < 1.29 is 8.42 Å². The number of hydrogen-bond acceptors (Lipinski definition) is 4. The molecule has 0 amide bonds. The Hall–Kier alpha value is -2.64. The van der Waals surface area contributed by atoms with Gasteiger partial charge in [0.25, 0.3) is 10.0 Å². The molecular weight excluding hydrogens is 450 g/mol. The van der Waals surface area contributed by atoms with Crippen molar-refractivity contribution in [3.05, 3.63) is 94.5 Å². The monoisotopic (exact) mass is 471 g/mol. The summed E-state index contributed by atoms with van der Waals surface area (Å²) in [6.07, 6.45) is 1.49. The number of benzene rings is 3. The van der Waals surface area contributed by atoms with Crippen molar-refractivity contribution in [1.82, 2.24) is 4.83 Å². The summed E-state index contributed by atoms with van der Waals surface area (Å²) in [6, 6.07) is 24.6. The van der Waals surface area contributed by atoms with E-state index in [0.717, 1.165) is 28.8 Å². The maximum absolute atomic E-state index is 12.2. The zero-order chi connectivity index (χ0) is 20.7. The molecule has 0 bridgehead atoms. The minimum Gasteiger partial charge on any atom is -0.367 e. The standard InChI is InChI=1S/C22H22BrN3O2S/c1-2-26(17-19-6-4-3-5-7-19)21-12-8-18(9-13-21)16-24-25-29(27,28)22-14-10-20(23)11-15-22/h3-16,25H,2,17H2,1H3. The van der Waals surface area contributed by atoms with Crippen LogP contribution in [0.4, 0.5) is 5.69 Å². The van der Waals surface area contributed by atoms with Crippen LogP contribution in [0.5, 0.6) is 0 Å². The molecule has 0 radical (unpaired) electrons. The van der Waals surface area contributed by atoms with Gasteiger partial charge in [-0.2, -0.15) is 13.5 Å². The molecule has 0 unspecified atom stereocenters. The lowest BCUT2D eigenvalue weighted by atomic mass is 10.1. The van der Waals surface area contributed by atoms with Gasteiger partial charge in [-0.15, -0.1) is 0 Å². The minimum atomic E-state index is -3.68. The minimum absolute atomic E-state index is 0.160. The number of sulfonamides is 1. The second-order valence-corrected chi connectivity index (χ2v) is 8.97. The van der Waals surface area contributed by atoms with Gasteiger partial charge in [0.05, 0.1) is 11.1 Å². The Kier molecular flexibility index (Phi) is 7.06. The van der Waals surface area contributed by atoms with Crippen LogP contribution >= 0.6 is 15.9 Å². The van der Waals surface area contributed by atoms with Gasteiger partial charge in [-0.1, -0.05) is 58.4 Å². The molecule has 3 aromatic carbocycles. The highest BCUT2D eigenvalue weighted by Gasteiger charge is 2.12. The van der Waals surface area contributed by atoms with Gasteiger partial charge in [-0.3, -0.25) is 0 Å². The van der Waals surface area contributed by atoms with Crippen LogP contribution in [0.3, 0.4) is 0 Å². The van der Waals surface area contributed by atoms with Crippen molar-refractivity contribution >= 4 is 37.9 Å². The van der Waals surface area contributed by atoms with Crippen molar-refractivity contribution in [1.29, 1.82) is 0 Å². The van der Waals surface area contributed by atoms with E-state index >= 15 is 0 Å². The lowest BCUT2D eigenvalue weighted by Crippen LogP contribution is -2.21. The van der Waals surface area contributed by atoms with E-state index in [2.05, 4.69) is 49.8 Å². The summed E-state index contributed by atoms with van der Waals surface area (Å²) in [7, 11) is -3.68. The summed E-state index contributed by atoms with van der Waals surface area (Å²) >= 11 is 3.29. The fourth-order valence-electron chi connectivity index (χ4n) is 2.80. The van der Waals surface area contributed by atoms with Crippen molar-refractivity contribution in [2.24, 2.45) is 5.10 Å². The van der Waals surface area contributed by atoms with Crippen molar-refractivity contribution in [3.63, 3.8) is 0 Å². The quantitative estimate of drug-likeness (QED) is 0.379. The van der Waals surface area contributed by atoms with Crippen LogP contribution in [0.1, 0.15) is 18.1 Å². The van der Waals surface area contributed by atoms with E-state index in [1.807, 2.05) is 42.5 Å². The van der Waals surface area contributed by atoms with Crippen molar-refractivity contribution in [3.8, 4) is 0 Å². The Morgan fingerprint density at radius 1 is 0.966 bits per heavy atom. The van der Waals surface area contributed by atoms with Crippen LogP contribution in [0.15, 0.2) is 93.3 Å². The van der Waals surface area contributed by atoms with E-state index in [-0.39, 0.29) is 4.90 Å². The predicted octanol–water partition coefficient (Wildman–Crippen LogP) is 4.79. The first-order valence-corrected chi connectivity index (χ1v) is 11.4. The van der Waals surface area contributed by atoms with Gasteiger partial charge in [0.2, 0.25) is 0 Å². The molecule has 0 aromatic heterocycles. The summed E-state index contributed by atoms with van der Waals surface area (Å²) < 4.78 is 25.3. The Balaban J connectivity index is 1.64. The zero-order valence-corrected chi connectivity index (χ0v) is 18.4. The Morgan fingerprint density at radius 2 is 1.62 bits per heavy atom. The summed E-state index contributed by atoms with van der Waals surface area (Å²) in [6.45, 7) is 3.84. The molecule has 5 nitrogen and oxygen atoms in total. The third kappa shape index (κ3) is 5.92. The first-order valence-electron chi connectivity index (χ1n) is 9.17. The van der Waals surface area contributed by atoms with Crippen LogP contribution < -0.4 is 9.73 Å². The van der Waals surface area contributed by atoms with Gasteiger partial charge in [0.1, 0.15) is 0 Å². The first-order chi connectivity index (χ1) is 14.0. The highest BCUT2D eigenvalue weighted by molar-refractivity contribution is 9.10. The Labute approximate surface area is 180 Å². The molecule has 0 spiro atoms. The van der Waals surface area contributed by atoms with Gasteiger partial charge >= 0.3 is 0 Å². The molecule has 0 aliphatic heterocycles. The van der Waals surface area contributed by atoms with Crippen LogP contribution in [0.2, 0.25) is 0 Å². The van der Waals surface area contributed by atoms with E-state index in [4.69, 9.17) is 0 Å². The molecule has 150 valence electrons. The molecule has 3 rings (SSSR count). The summed E-state index contributed by atoms with van der Waals surface area (Å²) in [4.78, 5) is 4.67. The van der Waals surface area contributed by atoms with Gasteiger partial charge in [0, 0.05) is 23.2 Å². The molecule has 0 aliphatic rings. The summed E-state index contributed by atoms with van der Waals surface area (Å²) in [5, 5.41) is 3.89.